The number of aromatic nitrogens is 1. The number of nitrogens with zero attached hydrogens (tertiary/aromatic N) is 2. The Morgan fingerprint density at radius 2 is 1.83 bits per heavy atom. The fourth-order valence-corrected chi connectivity index (χ4v) is 6.15. The van der Waals surface area contributed by atoms with Crippen molar-refractivity contribution in [2.24, 2.45) is 11.8 Å². The SMILES string of the molecule is CC1CC(C)CN(C(=O)c2cc(S(=O)(=O)N3CCSCC3)c[nH]2)C1. The maximum Gasteiger partial charge on any atom is 0.270 e. The van der Waals surface area contributed by atoms with Crippen molar-refractivity contribution >= 4 is 27.7 Å². The van der Waals surface area contributed by atoms with Crippen molar-refractivity contribution in [3.05, 3.63) is 18.0 Å². The van der Waals surface area contributed by atoms with Gasteiger partial charge in [-0.15, -0.1) is 0 Å². The molecule has 134 valence electrons. The van der Waals surface area contributed by atoms with Crippen LogP contribution in [0.5, 0.6) is 0 Å². The number of carbonyl (C=O) groups excluding carboxylic acids is 1. The van der Waals surface area contributed by atoms with Crippen molar-refractivity contribution < 1.29 is 13.2 Å². The van der Waals surface area contributed by atoms with Gasteiger partial charge in [-0.25, -0.2) is 8.42 Å². The van der Waals surface area contributed by atoms with Crippen LogP contribution in [0.2, 0.25) is 0 Å². The first-order valence-corrected chi connectivity index (χ1v) is 11.0. The lowest BCUT2D eigenvalue weighted by atomic mass is 9.92. The largest absolute Gasteiger partial charge is 0.356 e. The van der Waals surface area contributed by atoms with Gasteiger partial charge in [-0.2, -0.15) is 16.1 Å². The zero-order valence-corrected chi connectivity index (χ0v) is 15.8. The van der Waals surface area contributed by atoms with Crippen molar-refractivity contribution in [1.29, 1.82) is 0 Å². The fraction of sp³-hybridized carbons (Fsp3) is 0.688. The molecule has 2 aliphatic heterocycles. The van der Waals surface area contributed by atoms with Crippen LogP contribution in [0.25, 0.3) is 0 Å². The number of amides is 1. The first-order chi connectivity index (χ1) is 11.4. The van der Waals surface area contributed by atoms with E-state index >= 15 is 0 Å². The molecule has 2 aliphatic rings. The first kappa shape index (κ1) is 17.8. The summed E-state index contributed by atoms with van der Waals surface area (Å²) in [5.74, 6) is 2.48. The second-order valence-corrected chi connectivity index (χ2v) is 10.1. The number of sulfonamides is 1. The molecule has 2 unspecified atom stereocenters. The van der Waals surface area contributed by atoms with Crippen LogP contribution in [0.15, 0.2) is 17.2 Å². The molecule has 8 heteroatoms. The summed E-state index contributed by atoms with van der Waals surface area (Å²) in [4.78, 5) is 17.6. The first-order valence-electron chi connectivity index (χ1n) is 8.43. The molecule has 1 aromatic rings. The molecule has 3 heterocycles. The average molecular weight is 372 g/mol. The number of thioether (sulfide) groups is 1. The summed E-state index contributed by atoms with van der Waals surface area (Å²) in [6, 6.07) is 1.49. The summed E-state index contributed by atoms with van der Waals surface area (Å²) in [5.41, 5.74) is 0.362. The van der Waals surface area contributed by atoms with Gasteiger partial charge in [-0.3, -0.25) is 4.79 Å². The lowest BCUT2D eigenvalue weighted by Gasteiger charge is -2.34. The molecular weight excluding hydrogens is 346 g/mol. The number of carbonyl (C=O) groups is 1. The Hall–Kier alpha value is -0.990. The lowest BCUT2D eigenvalue weighted by molar-refractivity contribution is 0.0618. The van der Waals surface area contributed by atoms with Gasteiger partial charge in [0, 0.05) is 43.9 Å². The van der Waals surface area contributed by atoms with Crippen LogP contribution in [-0.4, -0.2) is 66.2 Å². The topological polar surface area (TPSA) is 73.5 Å². The minimum atomic E-state index is -3.51. The Bertz CT molecular complexity index is 685. The van der Waals surface area contributed by atoms with Gasteiger partial charge in [0.1, 0.15) is 10.6 Å². The van der Waals surface area contributed by atoms with Gasteiger partial charge >= 0.3 is 0 Å². The van der Waals surface area contributed by atoms with E-state index in [2.05, 4.69) is 18.8 Å². The molecule has 1 amide bonds. The van der Waals surface area contributed by atoms with Crippen LogP contribution in [0.3, 0.4) is 0 Å². The van der Waals surface area contributed by atoms with E-state index in [0.717, 1.165) is 31.0 Å². The third-order valence-electron chi connectivity index (χ3n) is 4.65. The van der Waals surface area contributed by atoms with Gasteiger partial charge < -0.3 is 9.88 Å². The quantitative estimate of drug-likeness (QED) is 0.880. The number of piperidine rings is 1. The minimum absolute atomic E-state index is 0.107. The molecule has 6 nitrogen and oxygen atoms in total. The van der Waals surface area contributed by atoms with Crippen LogP contribution in [0.1, 0.15) is 30.8 Å². The molecule has 1 N–H and O–H groups in total. The molecule has 2 fully saturated rings. The maximum absolute atomic E-state index is 12.7. The van der Waals surface area contributed by atoms with Crippen molar-refractivity contribution in [3.63, 3.8) is 0 Å². The average Bonchev–Trinajstić information content (AvgIpc) is 3.05. The molecule has 0 aromatic carbocycles. The zero-order valence-electron chi connectivity index (χ0n) is 14.2. The van der Waals surface area contributed by atoms with Crippen molar-refractivity contribution in [2.75, 3.05) is 37.7 Å². The van der Waals surface area contributed by atoms with Gasteiger partial charge in [0.15, 0.2) is 0 Å². The molecule has 1 aromatic heterocycles. The highest BCUT2D eigenvalue weighted by Crippen LogP contribution is 2.24. The fourth-order valence-electron chi connectivity index (χ4n) is 3.58. The van der Waals surface area contributed by atoms with E-state index in [0.29, 0.717) is 30.6 Å². The summed E-state index contributed by atoms with van der Waals surface area (Å²) in [6.07, 6.45) is 2.57. The standard InChI is InChI=1S/C16H25N3O3S2/c1-12-7-13(2)11-18(10-12)16(20)15-8-14(9-17-15)24(21,22)19-3-5-23-6-4-19/h8-9,12-13,17H,3-7,10-11H2,1-2H3. The predicted molar refractivity (Wildman–Crippen MR) is 95.7 cm³/mol. The molecule has 0 saturated carbocycles. The van der Waals surface area contributed by atoms with Crippen molar-refractivity contribution in [3.8, 4) is 0 Å². The molecule has 2 atom stereocenters. The van der Waals surface area contributed by atoms with Gasteiger partial charge in [-0.05, 0) is 24.3 Å². The molecular formula is C16H25N3O3S2. The van der Waals surface area contributed by atoms with Gasteiger partial charge in [0.2, 0.25) is 10.0 Å². The molecule has 3 rings (SSSR count). The third-order valence-corrected chi connectivity index (χ3v) is 7.47. The van der Waals surface area contributed by atoms with Gasteiger partial charge in [0.25, 0.3) is 5.91 Å². The van der Waals surface area contributed by atoms with Crippen LogP contribution >= 0.6 is 11.8 Å². The molecule has 24 heavy (non-hydrogen) atoms. The summed E-state index contributed by atoms with van der Waals surface area (Å²) in [7, 11) is -3.51. The second-order valence-electron chi connectivity index (χ2n) is 6.92. The lowest BCUT2D eigenvalue weighted by Crippen LogP contribution is -2.42. The highest BCUT2D eigenvalue weighted by atomic mass is 32.2. The van der Waals surface area contributed by atoms with E-state index < -0.39 is 10.0 Å². The minimum Gasteiger partial charge on any atom is -0.356 e. The third kappa shape index (κ3) is 3.65. The highest BCUT2D eigenvalue weighted by Gasteiger charge is 2.30. The molecule has 0 aliphatic carbocycles. The smallest absolute Gasteiger partial charge is 0.270 e. The number of hydrogen-bond donors (Lipinski definition) is 1. The number of aromatic amines is 1. The molecule has 0 radical (unpaired) electrons. The van der Waals surface area contributed by atoms with E-state index in [9.17, 15) is 13.2 Å². The summed E-state index contributed by atoms with van der Waals surface area (Å²) < 4.78 is 26.9. The van der Waals surface area contributed by atoms with Gasteiger partial charge in [-0.1, -0.05) is 13.8 Å². The Kier molecular flexibility index (Phi) is 5.27. The van der Waals surface area contributed by atoms with Crippen molar-refractivity contribution in [1.82, 2.24) is 14.2 Å². The molecule has 2 saturated heterocycles. The summed E-state index contributed by atoms with van der Waals surface area (Å²) in [6.45, 7) is 6.82. The molecule has 0 spiro atoms. The summed E-state index contributed by atoms with van der Waals surface area (Å²) >= 11 is 1.76. The zero-order chi connectivity index (χ0) is 17.3. The predicted octanol–water partition coefficient (Wildman–Crippen LogP) is 1.87. The molecule has 0 bridgehead atoms. The van der Waals surface area contributed by atoms with Crippen molar-refractivity contribution in [2.45, 2.75) is 25.2 Å². The van der Waals surface area contributed by atoms with Crippen LogP contribution in [0.4, 0.5) is 0 Å². The van der Waals surface area contributed by atoms with E-state index in [1.807, 2.05) is 4.90 Å². The second kappa shape index (κ2) is 7.09. The van der Waals surface area contributed by atoms with E-state index in [1.165, 1.54) is 16.6 Å². The Labute approximate surface area is 148 Å². The van der Waals surface area contributed by atoms with Gasteiger partial charge in [0.05, 0.1) is 0 Å². The normalized spacial score (nSPS) is 26.5. The van der Waals surface area contributed by atoms with Crippen LogP contribution < -0.4 is 0 Å². The van der Waals surface area contributed by atoms with E-state index in [-0.39, 0.29) is 10.8 Å². The highest BCUT2D eigenvalue weighted by molar-refractivity contribution is 7.99. The Morgan fingerprint density at radius 3 is 2.46 bits per heavy atom. The van der Waals surface area contributed by atoms with E-state index in [1.54, 1.807) is 11.8 Å². The Morgan fingerprint density at radius 1 is 1.21 bits per heavy atom. The number of nitrogens with one attached hydrogen (secondary N) is 1. The van der Waals surface area contributed by atoms with Crippen LogP contribution in [-0.2, 0) is 10.0 Å². The number of rotatable bonds is 3. The Balaban J connectivity index is 1.76. The number of hydrogen-bond acceptors (Lipinski definition) is 4. The summed E-state index contributed by atoms with van der Waals surface area (Å²) in [5, 5.41) is 0. The number of likely N-dealkylation sites (tertiary alicyclic amines) is 1. The maximum atomic E-state index is 12.7. The van der Waals surface area contributed by atoms with E-state index in [4.69, 9.17) is 0 Å². The van der Waals surface area contributed by atoms with Crippen LogP contribution in [0, 0.1) is 11.8 Å². The monoisotopic (exact) mass is 371 g/mol. The number of H-pyrrole nitrogens is 1.